The zero-order chi connectivity index (χ0) is 25.8. The van der Waals surface area contributed by atoms with Crippen LogP contribution < -0.4 is 14.5 Å². The number of carbonyl (C=O) groups excluding carboxylic acids is 1. The molecule has 184 valence electrons. The fraction of sp³-hybridized carbons (Fsp3) is 0.0385. The fourth-order valence-corrected chi connectivity index (χ4v) is 4.29. The molecule has 2 aromatic heterocycles. The highest BCUT2D eigenvalue weighted by Crippen LogP contribution is 2.33. The minimum absolute atomic E-state index is 0.110. The number of thiazole rings is 1. The number of ether oxygens (including phenoxy) is 2. The van der Waals surface area contributed by atoms with Gasteiger partial charge in [-0.25, -0.2) is 4.98 Å². The molecule has 3 aromatic carbocycles. The second-order valence-corrected chi connectivity index (χ2v) is 8.57. The number of hydrogen-bond acceptors (Lipinski definition) is 9. The van der Waals surface area contributed by atoms with Gasteiger partial charge in [-0.05, 0) is 60.7 Å². The predicted molar refractivity (Wildman–Crippen MR) is 139 cm³/mol. The van der Waals surface area contributed by atoms with Gasteiger partial charge in [0, 0.05) is 5.56 Å². The number of nitrogens with zero attached hydrogens (tertiary/aromatic N) is 4. The molecule has 0 atom stereocenters. The summed E-state index contributed by atoms with van der Waals surface area (Å²) in [5, 5.41) is 16.6. The number of fused-ring (bicyclic) bond motifs is 1. The zero-order valence-corrected chi connectivity index (χ0v) is 20.1. The molecule has 10 nitrogen and oxygen atoms in total. The van der Waals surface area contributed by atoms with Crippen LogP contribution in [0, 0.1) is 10.1 Å². The highest BCUT2D eigenvalue weighted by Gasteiger charge is 2.22. The molecule has 0 unspecified atom stereocenters. The Bertz CT molecular complexity index is 1590. The molecule has 0 aliphatic rings. The van der Waals surface area contributed by atoms with Crippen molar-refractivity contribution >= 4 is 44.7 Å². The van der Waals surface area contributed by atoms with E-state index in [4.69, 9.17) is 13.9 Å². The molecule has 5 aromatic rings. The van der Waals surface area contributed by atoms with E-state index >= 15 is 0 Å². The molecule has 1 amide bonds. The van der Waals surface area contributed by atoms with E-state index in [2.05, 4.69) is 10.1 Å². The van der Waals surface area contributed by atoms with E-state index in [0.717, 1.165) is 9.71 Å². The molecule has 0 spiro atoms. The Hall–Kier alpha value is -5.03. The van der Waals surface area contributed by atoms with Crippen LogP contribution in [-0.2, 0) is 0 Å². The molecule has 0 bridgehead atoms. The lowest BCUT2D eigenvalue weighted by Crippen LogP contribution is -2.25. The number of hydrazone groups is 1. The van der Waals surface area contributed by atoms with Crippen molar-refractivity contribution < 1.29 is 23.6 Å². The third kappa shape index (κ3) is 5.31. The SMILES string of the molecule is COc1ccc2nc(N(/N=C/c3ccc([N+](=O)[O-])o3)C(=O)c3ccc(Oc4ccccc4)cc3)sc2c1. The van der Waals surface area contributed by atoms with Crippen molar-refractivity contribution in [2.45, 2.75) is 0 Å². The highest BCUT2D eigenvalue weighted by atomic mass is 32.1. The van der Waals surface area contributed by atoms with Gasteiger partial charge in [-0.3, -0.25) is 14.9 Å². The Kier molecular flexibility index (Phi) is 6.60. The average Bonchev–Trinajstić information content (AvgIpc) is 3.57. The quantitative estimate of drug-likeness (QED) is 0.136. The number of carbonyl (C=O) groups is 1. The summed E-state index contributed by atoms with van der Waals surface area (Å²) in [7, 11) is 1.57. The maximum atomic E-state index is 13.5. The van der Waals surface area contributed by atoms with Gasteiger partial charge >= 0.3 is 5.88 Å². The summed E-state index contributed by atoms with van der Waals surface area (Å²) < 4.78 is 17.0. The topological polar surface area (TPSA) is 120 Å². The van der Waals surface area contributed by atoms with E-state index in [1.165, 1.54) is 29.7 Å². The van der Waals surface area contributed by atoms with Gasteiger partial charge in [-0.1, -0.05) is 29.5 Å². The molecule has 11 heteroatoms. The summed E-state index contributed by atoms with van der Waals surface area (Å²) in [4.78, 5) is 28.4. The summed E-state index contributed by atoms with van der Waals surface area (Å²) >= 11 is 1.24. The lowest BCUT2D eigenvalue weighted by Gasteiger charge is -2.14. The summed E-state index contributed by atoms with van der Waals surface area (Å²) in [5.41, 5.74) is 0.994. The van der Waals surface area contributed by atoms with E-state index in [1.54, 1.807) is 43.5 Å². The van der Waals surface area contributed by atoms with Gasteiger partial charge in [0.25, 0.3) is 5.91 Å². The van der Waals surface area contributed by atoms with E-state index in [1.807, 2.05) is 36.4 Å². The molecular weight excluding hydrogens is 496 g/mol. The first kappa shape index (κ1) is 23.7. The molecule has 37 heavy (non-hydrogen) atoms. The van der Waals surface area contributed by atoms with Crippen molar-refractivity contribution in [1.29, 1.82) is 0 Å². The number of methoxy groups -OCH3 is 1. The summed E-state index contributed by atoms with van der Waals surface area (Å²) in [6.07, 6.45) is 1.23. The van der Waals surface area contributed by atoms with Crippen LogP contribution >= 0.6 is 11.3 Å². The van der Waals surface area contributed by atoms with Crippen molar-refractivity contribution in [2.24, 2.45) is 5.10 Å². The van der Waals surface area contributed by atoms with Crippen LogP contribution in [0.3, 0.4) is 0 Å². The fourth-order valence-electron chi connectivity index (χ4n) is 3.34. The molecular formula is C26H18N4O6S. The molecule has 0 aliphatic carbocycles. The lowest BCUT2D eigenvalue weighted by molar-refractivity contribution is -0.402. The Labute approximate surface area is 214 Å². The third-order valence-corrected chi connectivity index (χ3v) is 6.12. The van der Waals surface area contributed by atoms with Gasteiger partial charge in [0.2, 0.25) is 5.13 Å². The van der Waals surface area contributed by atoms with Crippen molar-refractivity contribution in [3.8, 4) is 17.2 Å². The Morgan fingerprint density at radius 3 is 2.46 bits per heavy atom. The largest absolute Gasteiger partial charge is 0.497 e. The van der Waals surface area contributed by atoms with Crippen molar-refractivity contribution in [3.63, 3.8) is 0 Å². The molecule has 0 aliphatic heterocycles. The second kappa shape index (κ2) is 10.3. The zero-order valence-electron chi connectivity index (χ0n) is 19.3. The smallest absolute Gasteiger partial charge is 0.433 e. The first-order chi connectivity index (χ1) is 18.0. The molecule has 0 saturated carbocycles. The molecule has 0 radical (unpaired) electrons. The van der Waals surface area contributed by atoms with E-state index in [9.17, 15) is 14.9 Å². The van der Waals surface area contributed by atoms with Crippen LogP contribution in [-0.4, -0.2) is 29.1 Å². The van der Waals surface area contributed by atoms with Gasteiger partial charge in [0.1, 0.15) is 22.2 Å². The van der Waals surface area contributed by atoms with Crippen molar-refractivity contribution in [1.82, 2.24) is 4.98 Å². The number of furan rings is 1. The Morgan fingerprint density at radius 1 is 1.03 bits per heavy atom. The lowest BCUT2D eigenvalue weighted by atomic mass is 10.2. The standard InChI is InChI=1S/C26H18N4O6S/c1-34-20-11-13-22-23(15-20)37-26(28-22)29(27-16-21-12-14-24(36-21)30(32)33)25(31)17-7-9-19(10-8-17)35-18-5-3-2-4-6-18/h2-16H,1H3/b27-16+. The van der Waals surface area contributed by atoms with Gasteiger partial charge in [0.15, 0.2) is 5.76 Å². The van der Waals surface area contributed by atoms with E-state index in [-0.39, 0.29) is 5.76 Å². The second-order valence-electron chi connectivity index (χ2n) is 7.56. The Morgan fingerprint density at radius 2 is 1.76 bits per heavy atom. The van der Waals surface area contributed by atoms with Crippen molar-refractivity contribution in [3.05, 3.63) is 106 Å². The number of benzene rings is 3. The molecule has 5 rings (SSSR count). The Balaban J connectivity index is 1.46. The molecule has 0 saturated heterocycles. The number of nitro groups is 1. The average molecular weight is 515 g/mol. The maximum absolute atomic E-state index is 13.5. The number of rotatable bonds is 8. The van der Waals surface area contributed by atoms with E-state index in [0.29, 0.717) is 33.5 Å². The number of aromatic nitrogens is 1. The van der Waals surface area contributed by atoms with Crippen LogP contribution in [0.4, 0.5) is 11.0 Å². The van der Waals surface area contributed by atoms with Gasteiger partial charge in [-0.2, -0.15) is 10.1 Å². The maximum Gasteiger partial charge on any atom is 0.433 e. The van der Waals surface area contributed by atoms with Crippen LogP contribution in [0.25, 0.3) is 10.2 Å². The molecule has 2 heterocycles. The molecule has 0 N–H and O–H groups in total. The van der Waals surface area contributed by atoms with Crippen LogP contribution in [0.1, 0.15) is 16.1 Å². The number of para-hydroxylation sites is 1. The summed E-state index contributed by atoms with van der Waals surface area (Å²) in [6.45, 7) is 0. The van der Waals surface area contributed by atoms with Gasteiger partial charge in [-0.15, -0.1) is 0 Å². The number of amides is 1. The predicted octanol–water partition coefficient (Wildman–Crippen LogP) is 6.28. The van der Waals surface area contributed by atoms with Crippen LogP contribution in [0.5, 0.6) is 17.2 Å². The van der Waals surface area contributed by atoms with Crippen LogP contribution in [0.2, 0.25) is 0 Å². The summed E-state index contributed by atoms with van der Waals surface area (Å²) in [6, 6.07) is 23.9. The normalized spacial score (nSPS) is 11.1. The van der Waals surface area contributed by atoms with Crippen LogP contribution in [0.15, 0.2) is 94.4 Å². The third-order valence-electron chi connectivity index (χ3n) is 5.13. The number of anilines is 1. The highest BCUT2D eigenvalue weighted by molar-refractivity contribution is 7.22. The minimum atomic E-state index is -0.653. The van der Waals surface area contributed by atoms with Gasteiger partial charge < -0.3 is 13.9 Å². The summed E-state index contributed by atoms with van der Waals surface area (Å²) in [5.74, 6) is 1.10. The monoisotopic (exact) mass is 514 g/mol. The number of hydrogen-bond donors (Lipinski definition) is 0. The van der Waals surface area contributed by atoms with E-state index < -0.39 is 16.7 Å². The van der Waals surface area contributed by atoms with Gasteiger partial charge in [0.05, 0.1) is 29.6 Å². The minimum Gasteiger partial charge on any atom is -0.497 e. The molecule has 0 fully saturated rings. The van der Waals surface area contributed by atoms with Crippen molar-refractivity contribution in [2.75, 3.05) is 12.1 Å². The first-order valence-corrected chi connectivity index (χ1v) is 11.7. The first-order valence-electron chi connectivity index (χ1n) is 10.9.